The molecule has 6 nitrogen and oxygen atoms in total. The largest absolute Gasteiger partial charge is 0.462 e. The van der Waals surface area contributed by atoms with Gasteiger partial charge in [0, 0.05) is 19.3 Å². The van der Waals surface area contributed by atoms with Gasteiger partial charge >= 0.3 is 17.9 Å². The molecule has 0 aromatic heterocycles. The number of carbonyl (C=O) groups excluding carboxylic acids is 3. The second-order valence-electron chi connectivity index (χ2n) is 19.0. The molecular weight excluding hydrogens is 745 g/mol. The van der Waals surface area contributed by atoms with Crippen molar-refractivity contribution >= 4 is 17.9 Å². The summed E-state index contributed by atoms with van der Waals surface area (Å²) >= 11 is 0. The van der Waals surface area contributed by atoms with Crippen molar-refractivity contribution < 1.29 is 28.6 Å². The van der Waals surface area contributed by atoms with Crippen LogP contribution >= 0.6 is 0 Å². The van der Waals surface area contributed by atoms with Gasteiger partial charge in [-0.05, 0) is 25.2 Å². The first-order chi connectivity index (χ1) is 29.4. The maximum absolute atomic E-state index is 12.7. The molecule has 0 aromatic rings. The standard InChI is InChI=1S/C54H104O6/c1-5-7-9-11-13-15-16-17-18-19-23-26-30-33-37-41-45-52(55)58-48-51(60-54(57)47-43-39-35-28-14-12-10-8-6-2)49-59-53(56)46-42-38-34-31-27-24-21-20-22-25-29-32-36-40-44-50(3)4/h50-51H,5-49H2,1-4H3/t51-/m0/s1. The van der Waals surface area contributed by atoms with E-state index in [0.29, 0.717) is 19.3 Å². The quantitative estimate of drug-likeness (QED) is 0.0345. The van der Waals surface area contributed by atoms with E-state index in [2.05, 4.69) is 27.7 Å². The minimum atomic E-state index is -0.760. The first-order valence-corrected chi connectivity index (χ1v) is 26.9. The molecule has 0 N–H and O–H groups in total. The molecule has 0 heterocycles. The first-order valence-electron chi connectivity index (χ1n) is 26.9. The molecule has 0 unspecified atom stereocenters. The highest BCUT2D eigenvalue weighted by molar-refractivity contribution is 5.71. The zero-order valence-corrected chi connectivity index (χ0v) is 40.9. The van der Waals surface area contributed by atoms with Gasteiger partial charge in [0.1, 0.15) is 13.2 Å². The fourth-order valence-electron chi connectivity index (χ4n) is 8.22. The van der Waals surface area contributed by atoms with Crippen LogP contribution in [-0.4, -0.2) is 37.2 Å². The molecule has 0 aliphatic rings. The van der Waals surface area contributed by atoms with E-state index in [-0.39, 0.29) is 31.1 Å². The Morgan fingerprint density at radius 2 is 0.550 bits per heavy atom. The highest BCUT2D eigenvalue weighted by atomic mass is 16.6. The molecule has 0 radical (unpaired) electrons. The summed E-state index contributed by atoms with van der Waals surface area (Å²) in [5, 5.41) is 0. The molecule has 0 rings (SSSR count). The van der Waals surface area contributed by atoms with Crippen molar-refractivity contribution in [3.63, 3.8) is 0 Å². The van der Waals surface area contributed by atoms with Crippen molar-refractivity contribution in [1.29, 1.82) is 0 Å². The summed E-state index contributed by atoms with van der Waals surface area (Å²) in [6.07, 6.45) is 50.9. The van der Waals surface area contributed by atoms with Gasteiger partial charge in [0.25, 0.3) is 0 Å². The number of carbonyl (C=O) groups is 3. The number of esters is 3. The zero-order valence-electron chi connectivity index (χ0n) is 40.9. The molecular formula is C54H104O6. The van der Waals surface area contributed by atoms with E-state index < -0.39 is 6.10 Å². The van der Waals surface area contributed by atoms with Gasteiger partial charge in [-0.25, -0.2) is 0 Å². The van der Waals surface area contributed by atoms with Crippen LogP contribution in [0.4, 0.5) is 0 Å². The molecule has 0 aliphatic heterocycles. The van der Waals surface area contributed by atoms with Crippen molar-refractivity contribution in [2.75, 3.05) is 13.2 Å². The van der Waals surface area contributed by atoms with Crippen LogP contribution in [0.25, 0.3) is 0 Å². The SMILES string of the molecule is CCCCCCCCCCCCCCCCCCC(=O)OC[C@@H](COC(=O)CCCCCCCCCCCCCCCCC(C)C)OC(=O)CCCCCCCCCCC. The van der Waals surface area contributed by atoms with Crippen molar-refractivity contribution in [3.05, 3.63) is 0 Å². The fourth-order valence-corrected chi connectivity index (χ4v) is 8.22. The Kier molecular flexibility index (Phi) is 47.2. The Labute approximate surface area is 374 Å². The summed E-state index contributed by atoms with van der Waals surface area (Å²) in [6, 6.07) is 0. The molecule has 356 valence electrons. The van der Waals surface area contributed by atoms with Gasteiger partial charge in [-0.1, -0.05) is 265 Å². The van der Waals surface area contributed by atoms with Crippen LogP contribution in [0.15, 0.2) is 0 Å². The molecule has 0 saturated carbocycles. The molecule has 0 aromatic carbocycles. The van der Waals surface area contributed by atoms with E-state index in [4.69, 9.17) is 14.2 Å². The minimum absolute atomic E-state index is 0.0626. The molecule has 1 atom stereocenters. The van der Waals surface area contributed by atoms with Gasteiger partial charge < -0.3 is 14.2 Å². The molecule has 60 heavy (non-hydrogen) atoms. The molecule has 0 bridgehead atoms. The lowest BCUT2D eigenvalue weighted by atomic mass is 10.0. The topological polar surface area (TPSA) is 78.9 Å². The third-order valence-corrected chi connectivity index (χ3v) is 12.3. The summed E-state index contributed by atoms with van der Waals surface area (Å²) < 4.78 is 16.8. The lowest BCUT2D eigenvalue weighted by Crippen LogP contribution is -2.30. The highest BCUT2D eigenvalue weighted by Gasteiger charge is 2.19. The lowest BCUT2D eigenvalue weighted by molar-refractivity contribution is -0.167. The van der Waals surface area contributed by atoms with Crippen LogP contribution in [-0.2, 0) is 28.6 Å². The van der Waals surface area contributed by atoms with Gasteiger partial charge in [0.05, 0.1) is 0 Å². The third-order valence-electron chi connectivity index (χ3n) is 12.3. The number of hydrogen-bond acceptors (Lipinski definition) is 6. The summed E-state index contributed by atoms with van der Waals surface area (Å²) in [6.45, 7) is 9.03. The predicted molar refractivity (Wildman–Crippen MR) is 257 cm³/mol. The summed E-state index contributed by atoms with van der Waals surface area (Å²) in [7, 11) is 0. The molecule has 6 heteroatoms. The molecule has 0 aliphatic carbocycles. The van der Waals surface area contributed by atoms with E-state index in [1.807, 2.05) is 0 Å². The van der Waals surface area contributed by atoms with Crippen LogP contribution in [0.2, 0.25) is 0 Å². The smallest absolute Gasteiger partial charge is 0.306 e. The summed E-state index contributed by atoms with van der Waals surface area (Å²) in [5.41, 5.74) is 0. The monoisotopic (exact) mass is 849 g/mol. The van der Waals surface area contributed by atoms with Gasteiger partial charge in [-0.3, -0.25) is 14.4 Å². The molecule has 0 amide bonds. The van der Waals surface area contributed by atoms with Crippen molar-refractivity contribution in [1.82, 2.24) is 0 Å². The Morgan fingerprint density at radius 3 is 0.817 bits per heavy atom. The summed E-state index contributed by atoms with van der Waals surface area (Å²) in [4.78, 5) is 37.9. The maximum Gasteiger partial charge on any atom is 0.306 e. The van der Waals surface area contributed by atoms with Crippen LogP contribution in [0.3, 0.4) is 0 Å². The maximum atomic E-state index is 12.7. The van der Waals surface area contributed by atoms with Crippen molar-refractivity contribution in [2.45, 2.75) is 310 Å². The number of ether oxygens (including phenoxy) is 3. The predicted octanol–water partition coefficient (Wildman–Crippen LogP) is 17.5. The van der Waals surface area contributed by atoms with Gasteiger partial charge in [0.15, 0.2) is 6.10 Å². The Balaban J connectivity index is 4.21. The van der Waals surface area contributed by atoms with E-state index in [1.165, 1.54) is 199 Å². The Morgan fingerprint density at radius 1 is 0.317 bits per heavy atom. The van der Waals surface area contributed by atoms with Crippen molar-refractivity contribution in [3.8, 4) is 0 Å². The third kappa shape index (κ3) is 47.5. The Hall–Kier alpha value is -1.59. The van der Waals surface area contributed by atoms with Crippen LogP contribution in [0.1, 0.15) is 304 Å². The molecule has 0 fully saturated rings. The van der Waals surface area contributed by atoms with Gasteiger partial charge in [-0.2, -0.15) is 0 Å². The molecule has 0 spiro atoms. The second kappa shape index (κ2) is 48.4. The number of rotatable bonds is 49. The van der Waals surface area contributed by atoms with Crippen LogP contribution < -0.4 is 0 Å². The zero-order chi connectivity index (χ0) is 43.8. The average molecular weight is 849 g/mol. The van der Waals surface area contributed by atoms with Crippen LogP contribution in [0.5, 0.6) is 0 Å². The fraction of sp³-hybridized carbons (Fsp3) is 0.944. The molecule has 0 saturated heterocycles. The van der Waals surface area contributed by atoms with E-state index in [0.717, 1.165) is 63.7 Å². The van der Waals surface area contributed by atoms with E-state index in [1.54, 1.807) is 0 Å². The normalized spacial score (nSPS) is 11.9. The van der Waals surface area contributed by atoms with Gasteiger partial charge in [-0.15, -0.1) is 0 Å². The van der Waals surface area contributed by atoms with Crippen LogP contribution in [0, 0.1) is 5.92 Å². The average Bonchev–Trinajstić information content (AvgIpc) is 3.23. The summed E-state index contributed by atoms with van der Waals surface area (Å²) in [5.74, 6) is 0.000804. The highest BCUT2D eigenvalue weighted by Crippen LogP contribution is 2.17. The minimum Gasteiger partial charge on any atom is -0.462 e. The lowest BCUT2D eigenvalue weighted by Gasteiger charge is -2.18. The van der Waals surface area contributed by atoms with Crippen molar-refractivity contribution in [2.24, 2.45) is 5.92 Å². The second-order valence-corrected chi connectivity index (χ2v) is 19.0. The first kappa shape index (κ1) is 58.4. The van der Waals surface area contributed by atoms with E-state index >= 15 is 0 Å². The van der Waals surface area contributed by atoms with E-state index in [9.17, 15) is 14.4 Å². The number of unbranched alkanes of at least 4 members (excludes halogenated alkanes) is 36. The number of hydrogen-bond donors (Lipinski definition) is 0. The Bertz CT molecular complexity index is 903. The van der Waals surface area contributed by atoms with Gasteiger partial charge in [0.2, 0.25) is 0 Å².